The van der Waals surface area contributed by atoms with Crippen molar-refractivity contribution in [1.29, 1.82) is 0 Å². The Kier molecular flexibility index (Phi) is 6.09. The minimum Gasteiger partial charge on any atom is -0.168 e. The van der Waals surface area contributed by atoms with E-state index in [9.17, 15) is 0 Å². The first-order chi connectivity index (χ1) is 5.93. The molecule has 1 rings (SSSR count). The summed E-state index contributed by atoms with van der Waals surface area (Å²) in [7, 11) is -1.14. The second-order valence-corrected chi connectivity index (χ2v) is 11.4. The Bertz CT molecular complexity index is 207. The molecular formula is C11H19ClSi. The summed E-state index contributed by atoms with van der Waals surface area (Å²) in [5.74, 6) is 0. The first-order valence-electron chi connectivity index (χ1n) is 4.66. The van der Waals surface area contributed by atoms with E-state index in [1.165, 1.54) is 5.56 Å². The van der Waals surface area contributed by atoms with E-state index in [0.717, 1.165) is 6.42 Å². The van der Waals surface area contributed by atoms with Crippen LogP contribution in [-0.2, 0) is 6.42 Å². The maximum atomic E-state index is 5.67. The molecule has 1 aromatic carbocycles. The summed E-state index contributed by atoms with van der Waals surface area (Å²) < 4.78 is 0. The van der Waals surface area contributed by atoms with Crippen LogP contribution in [0.2, 0.25) is 19.6 Å². The zero-order valence-corrected chi connectivity index (χ0v) is 10.7. The lowest BCUT2D eigenvalue weighted by Crippen LogP contribution is -2.06. The van der Waals surface area contributed by atoms with E-state index < -0.39 is 7.38 Å². The lowest BCUT2D eigenvalue weighted by molar-refractivity contribution is 1.14. The molecular weight excluding hydrogens is 196 g/mol. The predicted octanol–water partition coefficient (Wildman–Crippen LogP) is 4.31. The van der Waals surface area contributed by atoms with Gasteiger partial charge in [-0.1, -0.05) is 56.9 Å². The maximum Gasteiger partial charge on any atom is 0.147 e. The summed E-state index contributed by atoms with van der Waals surface area (Å²) >= 11 is 5.67. The Morgan fingerprint density at radius 2 is 1.46 bits per heavy atom. The first-order valence-corrected chi connectivity index (χ1v) is 9.17. The third kappa shape index (κ3) is 11.7. The maximum absolute atomic E-state index is 5.67. The van der Waals surface area contributed by atoms with E-state index in [1.54, 1.807) is 0 Å². The van der Waals surface area contributed by atoms with Crippen molar-refractivity contribution in [3.8, 4) is 0 Å². The molecule has 0 aliphatic carbocycles. The molecule has 2 heteroatoms. The van der Waals surface area contributed by atoms with Gasteiger partial charge in [-0.3, -0.25) is 0 Å². The van der Waals surface area contributed by atoms with E-state index in [4.69, 9.17) is 11.1 Å². The molecule has 1 aromatic rings. The van der Waals surface area contributed by atoms with Crippen LogP contribution in [0.4, 0.5) is 0 Å². The fourth-order valence-electron chi connectivity index (χ4n) is 0.714. The van der Waals surface area contributed by atoms with Gasteiger partial charge in [0.05, 0.1) is 0 Å². The van der Waals surface area contributed by atoms with Crippen molar-refractivity contribution in [3.63, 3.8) is 0 Å². The van der Waals surface area contributed by atoms with Gasteiger partial charge in [-0.25, -0.2) is 0 Å². The molecule has 0 N–H and O–H groups in total. The summed E-state index contributed by atoms with van der Waals surface area (Å²) in [6, 6.07) is 10.5. The largest absolute Gasteiger partial charge is 0.168 e. The number of hydrogen-bond acceptors (Lipinski definition) is 0. The minimum atomic E-state index is -1.14. The van der Waals surface area contributed by atoms with Crippen LogP contribution in [0, 0.1) is 0 Å². The lowest BCUT2D eigenvalue weighted by Gasteiger charge is -1.97. The zero-order valence-electron chi connectivity index (χ0n) is 8.97. The predicted molar refractivity (Wildman–Crippen MR) is 65.0 cm³/mol. The standard InChI is InChI=1S/C8H10.C3H9ClSi/c1-2-8-6-4-3-5-7-8;1-5(2,3)4/h3-7H,2H2,1H3;1-3H3. The fourth-order valence-corrected chi connectivity index (χ4v) is 0.714. The van der Waals surface area contributed by atoms with Gasteiger partial charge in [0.15, 0.2) is 0 Å². The van der Waals surface area contributed by atoms with Gasteiger partial charge in [0.25, 0.3) is 0 Å². The highest BCUT2D eigenvalue weighted by Crippen LogP contribution is 2.03. The second kappa shape index (κ2) is 6.22. The Morgan fingerprint density at radius 3 is 1.69 bits per heavy atom. The van der Waals surface area contributed by atoms with Gasteiger partial charge in [-0.05, 0) is 12.0 Å². The van der Waals surface area contributed by atoms with Gasteiger partial charge < -0.3 is 0 Å². The molecule has 0 saturated carbocycles. The highest BCUT2D eigenvalue weighted by Gasteiger charge is 2.04. The lowest BCUT2D eigenvalue weighted by atomic mass is 10.2. The van der Waals surface area contributed by atoms with Crippen molar-refractivity contribution < 1.29 is 0 Å². The van der Waals surface area contributed by atoms with E-state index in [-0.39, 0.29) is 0 Å². The molecule has 0 saturated heterocycles. The highest BCUT2D eigenvalue weighted by atomic mass is 35.6. The molecule has 0 amide bonds. The Hall–Kier alpha value is -0.273. The molecule has 0 nitrogen and oxygen atoms in total. The molecule has 0 bridgehead atoms. The van der Waals surface area contributed by atoms with Crippen LogP contribution >= 0.6 is 11.1 Å². The van der Waals surface area contributed by atoms with Gasteiger partial charge >= 0.3 is 0 Å². The monoisotopic (exact) mass is 214 g/mol. The molecule has 0 unspecified atom stereocenters. The Morgan fingerprint density at radius 1 is 1.08 bits per heavy atom. The van der Waals surface area contributed by atoms with Gasteiger partial charge in [0.1, 0.15) is 7.38 Å². The van der Waals surface area contributed by atoms with Crippen LogP contribution in [0.25, 0.3) is 0 Å². The normalized spacial score (nSPS) is 10.2. The molecule has 0 aromatic heterocycles. The second-order valence-electron chi connectivity index (χ2n) is 3.91. The zero-order chi connectivity index (χ0) is 10.3. The smallest absolute Gasteiger partial charge is 0.147 e. The third-order valence-electron chi connectivity index (χ3n) is 1.25. The van der Waals surface area contributed by atoms with E-state index in [0.29, 0.717) is 0 Å². The van der Waals surface area contributed by atoms with Crippen molar-refractivity contribution in [2.24, 2.45) is 0 Å². The Labute approximate surface area is 87.7 Å². The topological polar surface area (TPSA) is 0 Å². The van der Waals surface area contributed by atoms with Gasteiger partial charge in [0.2, 0.25) is 0 Å². The number of hydrogen-bond donors (Lipinski definition) is 0. The van der Waals surface area contributed by atoms with Gasteiger partial charge in [-0.2, -0.15) is 11.1 Å². The summed E-state index contributed by atoms with van der Waals surface area (Å²) in [4.78, 5) is 0. The van der Waals surface area contributed by atoms with Crippen LogP contribution in [0.15, 0.2) is 30.3 Å². The van der Waals surface area contributed by atoms with Crippen molar-refractivity contribution in [3.05, 3.63) is 35.9 Å². The summed E-state index contributed by atoms with van der Waals surface area (Å²) in [5.41, 5.74) is 1.41. The molecule has 0 heterocycles. The first kappa shape index (κ1) is 12.7. The number of benzene rings is 1. The molecule has 13 heavy (non-hydrogen) atoms. The van der Waals surface area contributed by atoms with Gasteiger partial charge in [-0.15, -0.1) is 0 Å². The van der Waals surface area contributed by atoms with Crippen LogP contribution in [0.1, 0.15) is 12.5 Å². The average Bonchev–Trinajstić information content (AvgIpc) is 2.03. The quantitative estimate of drug-likeness (QED) is 0.483. The molecule has 0 aliphatic rings. The van der Waals surface area contributed by atoms with Crippen molar-refractivity contribution in [2.75, 3.05) is 0 Å². The van der Waals surface area contributed by atoms with Crippen molar-refractivity contribution in [1.82, 2.24) is 0 Å². The minimum absolute atomic E-state index is 1.14. The van der Waals surface area contributed by atoms with E-state index in [2.05, 4.69) is 50.8 Å². The van der Waals surface area contributed by atoms with Crippen LogP contribution in [0.5, 0.6) is 0 Å². The Balaban J connectivity index is 0.000000252. The number of aryl methyl sites for hydroxylation is 1. The van der Waals surface area contributed by atoms with Crippen LogP contribution in [0.3, 0.4) is 0 Å². The number of rotatable bonds is 1. The molecule has 0 aliphatic heterocycles. The van der Waals surface area contributed by atoms with Crippen LogP contribution in [-0.4, -0.2) is 7.38 Å². The van der Waals surface area contributed by atoms with Gasteiger partial charge in [0, 0.05) is 0 Å². The van der Waals surface area contributed by atoms with Crippen molar-refractivity contribution >= 4 is 18.5 Å². The van der Waals surface area contributed by atoms with E-state index >= 15 is 0 Å². The fraction of sp³-hybridized carbons (Fsp3) is 0.455. The number of halogens is 1. The molecule has 0 radical (unpaired) electrons. The van der Waals surface area contributed by atoms with E-state index in [1.807, 2.05) is 6.07 Å². The molecule has 74 valence electrons. The molecule has 0 atom stereocenters. The summed E-state index contributed by atoms with van der Waals surface area (Å²) in [6.45, 7) is 8.44. The van der Waals surface area contributed by atoms with Crippen LogP contribution < -0.4 is 0 Å². The summed E-state index contributed by atoms with van der Waals surface area (Å²) in [6.07, 6.45) is 1.14. The third-order valence-corrected chi connectivity index (χ3v) is 1.25. The van der Waals surface area contributed by atoms with Crippen molar-refractivity contribution in [2.45, 2.75) is 33.0 Å². The SMILES string of the molecule is CCc1ccccc1.C[Si](C)(C)Cl. The highest BCUT2D eigenvalue weighted by molar-refractivity contribution is 7.18. The molecule has 0 fully saturated rings. The average molecular weight is 215 g/mol. The molecule has 0 spiro atoms. The summed E-state index contributed by atoms with van der Waals surface area (Å²) in [5, 5.41) is 0.